The van der Waals surface area contributed by atoms with Crippen molar-refractivity contribution >= 4 is 16.9 Å². The summed E-state index contributed by atoms with van der Waals surface area (Å²) in [5.74, 6) is 0.347. The summed E-state index contributed by atoms with van der Waals surface area (Å²) in [7, 11) is 0. The number of unbranched alkanes of at least 4 members (excludes halogenated alkanes) is 1. The molecule has 0 radical (unpaired) electrons. The molecule has 1 amide bonds. The number of β-amino-alcohol motifs (C(OH)–C–C–N with tert-alkyl or cyclic N) is 1. The predicted octanol–water partition coefficient (Wildman–Crippen LogP) is 3.82. The Hall–Kier alpha value is -3.12. The lowest BCUT2D eigenvalue weighted by atomic mass is 9.98. The van der Waals surface area contributed by atoms with Crippen LogP contribution in [0.3, 0.4) is 0 Å². The minimum Gasteiger partial charge on any atom is -0.494 e. The van der Waals surface area contributed by atoms with Crippen LogP contribution in [0.25, 0.3) is 11.0 Å². The average molecular weight is 407 g/mol. The van der Waals surface area contributed by atoms with Gasteiger partial charge in [-0.1, -0.05) is 37.1 Å². The van der Waals surface area contributed by atoms with E-state index in [1.807, 2.05) is 37.3 Å². The molecule has 6 nitrogen and oxygen atoms in total. The number of fused-ring (bicyclic) bond motifs is 2. The van der Waals surface area contributed by atoms with E-state index in [1.165, 1.54) is 4.90 Å². The van der Waals surface area contributed by atoms with Gasteiger partial charge in [0.05, 0.1) is 30.2 Å². The molecule has 1 N–H and O–H groups in total. The molecule has 1 aromatic heterocycles. The summed E-state index contributed by atoms with van der Waals surface area (Å²) in [6.45, 7) is 4.49. The van der Waals surface area contributed by atoms with Crippen molar-refractivity contribution in [2.24, 2.45) is 0 Å². The van der Waals surface area contributed by atoms with Crippen molar-refractivity contribution in [2.45, 2.75) is 32.7 Å². The van der Waals surface area contributed by atoms with Crippen molar-refractivity contribution in [1.29, 1.82) is 0 Å². The number of aryl methyl sites for hydroxylation is 1. The van der Waals surface area contributed by atoms with Crippen molar-refractivity contribution in [2.75, 3.05) is 19.8 Å². The van der Waals surface area contributed by atoms with Gasteiger partial charge in [0.1, 0.15) is 11.3 Å². The maximum Gasteiger partial charge on any atom is 0.290 e. The van der Waals surface area contributed by atoms with Crippen LogP contribution in [-0.2, 0) is 0 Å². The molecule has 156 valence electrons. The summed E-state index contributed by atoms with van der Waals surface area (Å²) in [5.41, 5.74) is 2.18. The standard InChI is InChI=1S/C24H25NO5/c1-3-4-12-29-17-7-5-6-16(14-17)21-20-22(27)18-13-15(2)8-9-19(18)30-23(20)24(28)25(21)10-11-26/h5-9,13-14,21,26H,3-4,10-12H2,1-2H3/t21-/m0/s1. The second-order valence-electron chi connectivity index (χ2n) is 7.57. The first kappa shape index (κ1) is 20.2. The molecule has 0 fully saturated rings. The molecule has 6 heteroatoms. The van der Waals surface area contributed by atoms with E-state index >= 15 is 0 Å². The largest absolute Gasteiger partial charge is 0.494 e. The highest BCUT2D eigenvalue weighted by atomic mass is 16.5. The van der Waals surface area contributed by atoms with E-state index in [0.717, 1.165) is 24.0 Å². The lowest BCUT2D eigenvalue weighted by molar-refractivity contribution is 0.0691. The molecule has 1 aliphatic heterocycles. The molecule has 0 saturated carbocycles. The smallest absolute Gasteiger partial charge is 0.290 e. The van der Waals surface area contributed by atoms with Gasteiger partial charge in [0.2, 0.25) is 5.76 Å². The molecule has 2 heterocycles. The second kappa shape index (κ2) is 8.32. The fourth-order valence-corrected chi connectivity index (χ4v) is 3.93. The Morgan fingerprint density at radius 2 is 2.00 bits per heavy atom. The Labute approximate surface area is 174 Å². The quantitative estimate of drug-likeness (QED) is 0.603. The first-order valence-electron chi connectivity index (χ1n) is 10.3. The molecule has 0 unspecified atom stereocenters. The fraction of sp³-hybridized carbons (Fsp3) is 0.333. The third-order valence-corrected chi connectivity index (χ3v) is 5.40. The normalized spacial score (nSPS) is 15.6. The minimum atomic E-state index is -0.629. The Morgan fingerprint density at radius 3 is 2.77 bits per heavy atom. The summed E-state index contributed by atoms with van der Waals surface area (Å²) in [5, 5.41) is 10.0. The maximum absolute atomic E-state index is 13.4. The number of nitrogens with zero attached hydrogens (tertiary/aromatic N) is 1. The van der Waals surface area contributed by atoms with Gasteiger partial charge in [-0.3, -0.25) is 9.59 Å². The maximum atomic E-state index is 13.4. The van der Waals surface area contributed by atoms with Crippen LogP contribution in [0.4, 0.5) is 0 Å². The number of hydrogen-bond donors (Lipinski definition) is 1. The molecule has 0 spiro atoms. The number of amides is 1. The van der Waals surface area contributed by atoms with Gasteiger partial charge >= 0.3 is 0 Å². The molecule has 0 bridgehead atoms. The van der Waals surface area contributed by atoms with E-state index in [9.17, 15) is 14.7 Å². The monoisotopic (exact) mass is 407 g/mol. The van der Waals surface area contributed by atoms with Gasteiger partial charge in [-0.05, 0) is 43.2 Å². The topological polar surface area (TPSA) is 80.0 Å². The Bertz CT molecular complexity index is 1150. The van der Waals surface area contributed by atoms with Crippen LogP contribution in [0.1, 0.15) is 53.1 Å². The number of hydrogen-bond acceptors (Lipinski definition) is 5. The van der Waals surface area contributed by atoms with Gasteiger partial charge in [-0.25, -0.2) is 0 Å². The van der Waals surface area contributed by atoms with E-state index in [4.69, 9.17) is 9.15 Å². The third-order valence-electron chi connectivity index (χ3n) is 5.40. The van der Waals surface area contributed by atoms with Gasteiger partial charge in [-0.15, -0.1) is 0 Å². The Kier molecular flexibility index (Phi) is 5.59. The molecule has 1 atom stereocenters. The Balaban J connectivity index is 1.86. The van der Waals surface area contributed by atoms with Crippen LogP contribution < -0.4 is 10.2 Å². The number of aliphatic hydroxyl groups excluding tert-OH is 1. The van der Waals surface area contributed by atoms with Crippen molar-refractivity contribution in [3.63, 3.8) is 0 Å². The summed E-state index contributed by atoms with van der Waals surface area (Å²) in [4.78, 5) is 28.0. The van der Waals surface area contributed by atoms with Crippen LogP contribution in [0.5, 0.6) is 5.75 Å². The first-order chi connectivity index (χ1) is 14.5. The van der Waals surface area contributed by atoms with Gasteiger partial charge in [0.15, 0.2) is 5.43 Å². The van der Waals surface area contributed by atoms with Crippen LogP contribution in [0.15, 0.2) is 51.7 Å². The Morgan fingerprint density at radius 1 is 1.17 bits per heavy atom. The van der Waals surface area contributed by atoms with Crippen molar-refractivity contribution in [3.8, 4) is 5.75 Å². The molecule has 0 saturated heterocycles. The third kappa shape index (κ3) is 3.48. The zero-order valence-electron chi connectivity index (χ0n) is 17.2. The fourth-order valence-electron chi connectivity index (χ4n) is 3.93. The van der Waals surface area contributed by atoms with Crippen molar-refractivity contribution in [1.82, 2.24) is 4.90 Å². The number of carbonyl (C=O) groups is 1. The number of ether oxygens (including phenoxy) is 1. The predicted molar refractivity (Wildman–Crippen MR) is 114 cm³/mol. The lowest BCUT2D eigenvalue weighted by Crippen LogP contribution is -2.32. The first-order valence-corrected chi connectivity index (χ1v) is 10.3. The van der Waals surface area contributed by atoms with Gasteiger partial charge in [-0.2, -0.15) is 0 Å². The molecule has 30 heavy (non-hydrogen) atoms. The number of aliphatic hydroxyl groups is 1. The highest BCUT2D eigenvalue weighted by molar-refractivity contribution is 5.99. The van der Waals surface area contributed by atoms with Crippen LogP contribution >= 0.6 is 0 Å². The van der Waals surface area contributed by atoms with Gasteiger partial charge < -0.3 is 19.2 Å². The molecule has 4 rings (SSSR count). The van der Waals surface area contributed by atoms with E-state index < -0.39 is 6.04 Å². The van der Waals surface area contributed by atoms with E-state index in [-0.39, 0.29) is 30.2 Å². The highest BCUT2D eigenvalue weighted by Crippen LogP contribution is 2.38. The second-order valence-corrected chi connectivity index (χ2v) is 7.57. The number of rotatable bonds is 7. The van der Waals surface area contributed by atoms with Crippen LogP contribution in [0, 0.1) is 6.92 Å². The van der Waals surface area contributed by atoms with E-state index in [2.05, 4.69) is 6.92 Å². The zero-order valence-corrected chi connectivity index (χ0v) is 17.2. The molecular weight excluding hydrogens is 382 g/mol. The molecule has 2 aromatic carbocycles. The molecule has 0 aliphatic carbocycles. The average Bonchev–Trinajstić information content (AvgIpc) is 3.02. The summed E-state index contributed by atoms with van der Waals surface area (Å²) < 4.78 is 11.7. The summed E-state index contributed by atoms with van der Waals surface area (Å²) >= 11 is 0. The zero-order chi connectivity index (χ0) is 21.3. The van der Waals surface area contributed by atoms with Gasteiger partial charge in [0.25, 0.3) is 5.91 Å². The number of carbonyl (C=O) groups excluding carboxylic acids is 1. The van der Waals surface area contributed by atoms with E-state index in [1.54, 1.807) is 12.1 Å². The van der Waals surface area contributed by atoms with Gasteiger partial charge in [0, 0.05) is 6.54 Å². The van der Waals surface area contributed by atoms with Crippen LogP contribution in [-0.4, -0.2) is 35.7 Å². The molecule has 3 aromatic rings. The SMILES string of the molecule is CCCCOc1cccc([C@H]2c3c(oc4ccc(C)cc4c3=O)C(=O)N2CCO)c1. The number of benzene rings is 2. The van der Waals surface area contributed by atoms with Crippen LogP contribution in [0.2, 0.25) is 0 Å². The summed E-state index contributed by atoms with van der Waals surface area (Å²) in [6, 6.07) is 12.1. The summed E-state index contributed by atoms with van der Waals surface area (Å²) in [6.07, 6.45) is 1.97. The van der Waals surface area contributed by atoms with Crippen molar-refractivity contribution in [3.05, 3.63) is 75.1 Å². The molecular formula is C24H25NO5. The minimum absolute atomic E-state index is 0.0482. The van der Waals surface area contributed by atoms with Crippen molar-refractivity contribution < 1.29 is 19.1 Å². The highest BCUT2D eigenvalue weighted by Gasteiger charge is 2.42. The van der Waals surface area contributed by atoms with E-state index in [0.29, 0.717) is 28.9 Å². The molecule has 1 aliphatic rings. The lowest BCUT2D eigenvalue weighted by Gasteiger charge is -2.24.